The van der Waals surface area contributed by atoms with E-state index in [1.807, 2.05) is 35.2 Å². The number of carbonyl (C=O) groups excluding carboxylic acids is 1. The lowest BCUT2D eigenvalue weighted by molar-refractivity contribution is -0.129. The van der Waals surface area contributed by atoms with Gasteiger partial charge in [0.05, 0.1) is 6.54 Å². The van der Waals surface area contributed by atoms with Crippen LogP contribution in [0, 0.1) is 5.92 Å². The summed E-state index contributed by atoms with van der Waals surface area (Å²) in [5.41, 5.74) is 7.26. The lowest BCUT2D eigenvalue weighted by atomic mass is 9.82. The van der Waals surface area contributed by atoms with Crippen LogP contribution in [0.1, 0.15) is 18.4 Å². The zero-order chi connectivity index (χ0) is 16.7. The molecule has 23 heavy (non-hydrogen) atoms. The van der Waals surface area contributed by atoms with Crippen LogP contribution in [0.3, 0.4) is 0 Å². The van der Waals surface area contributed by atoms with Crippen LogP contribution >= 0.6 is 0 Å². The summed E-state index contributed by atoms with van der Waals surface area (Å²) in [5.74, 6) is 0.313. The smallest absolute Gasteiger partial charge is 0.427 e. The molecule has 1 aliphatic rings. The quantitative estimate of drug-likeness (QED) is 0.498. The summed E-state index contributed by atoms with van der Waals surface area (Å²) in [4.78, 5) is 14.0. The minimum atomic E-state index is -1.26. The molecule has 0 aliphatic carbocycles. The number of likely N-dealkylation sites (tertiary alicyclic amines) is 1. The third kappa shape index (κ3) is 5.95. The molecule has 0 aromatic heterocycles. The first-order chi connectivity index (χ1) is 11.1. The Morgan fingerprint density at radius 3 is 2.74 bits per heavy atom. The molecule has 1 aromatic carbocycles. The number of nitrogens with one attached hydrogen (secondary N) is 1. The Hall–Kier alpha value is -1.41. The Bertz CT molecular complexity index is 487. The zero-order valence-electron chi connectivity index (χ0n) is 13.4. The molecule has 0 unspecified atom stereocenters. The Morgan fingerprint density at radius 2 is 2.04 bits per heavy atom. The zero-order valence-corrected chi connectivity index (χ0v) is 13.4. The Morgan fingerprint density at radius 1 is 1.30 bits per heavy atom. The van der Waals surface area contributed by atoms with Crippen molar-refractivity contribution in [2.75, 3.05) is 19.6 Å². The SMILES string of the molecule is N[C@H]1CN(C(=O)CNCc2ccccc2)C[C@@H]1CCCB(O)O. The summed E-state index contributed by atoms with van der Waals surface area (Å²) in [7, 11) is -1.26. The second-order valence-electron chi connectivity index (χ2n) is 6.22. The van der Waals surface area contributed by atoms with Crippen molar-refractivity contribution in [2.45, 2.75) is 31.7 Å². The van der Waals surface area contributed by atoms with Crippen LogP contribution in [0.25, 0.3) is 0 Å². The van der Waals surface area contributed by atoms with Crippen LogP contribution in [0.15, 0.2) is 30.3 Å². The number of rotatable bonds is 8. The predicted octanol–water partition coefficient (Wildman–Crippen LogP) is -0.185. The minimum Gasteiger partial charge on any atom is -0.427 e. The molecule has 2 atom stereocenters. The lowest BCUT2D eigenvalue weighted by Crippen LogP contribution is -2.38. The van der Waals surface area contributed by atoms with E-state index in [0.29, 0.717) is 38.9 Å². The van der Waals surface area contributed by atoms with E-state index in [1.54, 1.807) is 0 Å². The van der Waals surface area contributed by atoms with Crippen molar-refractivity contribution >= 4 is 13.0 Å². The van der Waals surface area contributed by atoms with Crippen LogP contribution in [-0.4, -0.2) is 53.6 Å². The second kappa shape index (κ2) is 9.03. The Kier molecular flexibility index (Phi) is 7.04. The van der Waals surface area contributed by atoms with Gasteiger partial charge in [-0.25, -0.2) is 0 Å². The average molecular weight is 319 g/mol. The molecule has 2 rings (SSSR count). The molecule has 1 aliphatic heterocycles. The number of hydrogen-bond acceptors (Lipinski definition) is 5. The highest BCUT2D eigenvalue weighted by atomic mass is 16.4. The van der Waals surface area contributed by atoms with Crippen molar-refractivity contribution in [3.63, 3.8) is 0 Å². The van der Waals surface area contributed by atoms with E-state index in [-0.39, 0.29) is 17.9 Å². The lowest BCUT2D eigenvalue weighted by Gasteiger charge is -2.16. The molecule has 1 fully saturated rings. The van der Waals surface area contributed by atoms with Gasteiger partial charge >= 0.3 is 7.12 Å². The number of hydrogen-bond donors (Lipinski definition) is 4. The van der Waals surface area contributed by atoms with Gasteiger partial charge in [0.2, 0.25) is 5.91 Å². The fourth-order valence-electron chi connectivity index (χ4n) is 2.99. The molecule has 6 nitrogen and oxygen atoms in total. The van der Waals surface area contributed by atoms with Crippen LogP contribution in [0.5, 0.6) is 0 Å². The highest BCUT2D eigenvalue weighted by Gasteiger charge is 2.32. The van der Waals surface area contributed by atoms with Gasteiger partial charge in [0.25, 0.3) is 0 Å². The molecule has 1 saturated heterocycles. The Labute approximate surface area is 137 Å². The second-order valence-corrected chi connectivity index (χ2v) is 6.22. The molecule has 0 bridgehead atoms. The molecule has 5 N–H and O–H groups in total. The van der Waals surface area contributed by atoms with Gasteiger partial charge in [-0.05, 0) is 24.2 Å². The molecule has 1 amide bonds. The summed E-state index contributed by atoms with van der Waals surface area (Å²) in [6, 6.07) is 9.95. The molecular formula is C16H26BN3O3. The van der Waals surface area contributed by atoms with E-state index in [0.717, 1.165) is 12.0 Å². The molecule has 0 saturated carbocycles. The van der Waals surface area contributed by atoms with Gasteiger partial charge in [0, 0.05) is 25.7 Å². The monoisotopic (exact) mass is 319 g/mol. The molecule has 1 aromatic rings. The van der Waals surface area contributed by atoms with Crippen molar-refractivity contribution in [2.24, 2.45) is 11.7 Å². The van der Waals surface area contributed by atoms with E-state index in [4.69, 9.17) is 15.8 Å². The van der Waals surface area contributed by atoms with Crippen LogP contribution in [0.4, 0.5) is 0 Å². The molecule has 7 heteroatoms. The molecule has 126 valence electrons. The van der Waals surface area contributed by atoms with Crippen molar-refractivity contribution < 1.29 is 14.8 Å². The first-order valence-electron chi connectivity index (χ1n) is 8.20. The highest BCUT2D eigenvalue weighted by Crippen LogP contribution is 2.21. The normalized spacial score (nSPS) is 20.7. The average Bonchev–Trinajstić information content (AvgIpc) is 2.89. The van der Waals surface area contributed by atoms with E-state index in [2.05, 4.69) is 5.32 Å². The summed E-state index contributed by atoms with van der Waals surface area (Å²) < 4.78 is 0. The third-order valence-electron chi connectivity index (χ3n) is 4.33. The van der Waals surface area contributed by atoms with E-state index in [1.165, 1.54) is 0 Å². The van der Waals surface area contributed by atoms with Gasteiger partial charge < -0.3 is 26.0 Å². The summed E-state index contributed by atoms with van der Waals surface area (Å²) >= 11 is 0. The first kappa shape index (κ1) is 17.9. The molecule has 0 spiro atoms. The topological polar surface area (TPSA) is 98.8 Å². The first-order valence-corrected chi connectivity index (χ1v) is 8.20. The van der Waals surface area contributed by atoms with Crippen LogP contribution in [0.2, 0.25) is 6.32 Å². The minimum absolute atomic E-state index is 0.0242. The fraction of sp³-hybridized carbons (Fsp3) is 0.562. The van der Waals surface area contributed by atoms with Gasteiger partial charge in [-0.3, -0.25) is 4.79 Å². The van der Waals surface area contributed by atoms with E-state index >= 15 is 0 Å². The number of benzene rings is 1. The van der Waals surface area contributed by atoms with Crippen LogP contribution in [-0.2, 0) is 11.3 Å². The number of carbonyl (C=O) groups is 1. The van der Waals surface area contributed by atoms with Gasteiger partial charge in [-0.2, -0.15) is 0 Å². The van der Waals surface area contributed by atoms with E-state index < -0.39 is 7.12 Å². The van der Waals surface area contributed by atoms with Crippen molar-refractivity contribution in [3.05, 3.63) is 35.9 Å². The van der Waals surface area contributed by atoms with Gasteiger partial charge in [-0.1, -0.05) is 36.8 Å². The maximum atomic E-state index is 12.2. The molecular weight excluding hydrogens is 293 g/mol. The summed E-state index contributed by atoms with van der Waals surface area (Å²) in [6.07, 6.45) is 1.89. The van der Waals surface area contributed by atoms with Crippen LogP contribution < -0.4 is 11.1 Å². The van der Waals surface area contributed by atoms with Crippen molar-refractivity contribution in [1.29, 1.82) is 0 Å². The maximum absolute atomic E-state index is 12.2. The summed E-state index contributed by atoms with van der Waals surface area (Å²) in [6.45, 7) is 2.22. The largest absolute Gasteiger partial charge is 0.451 e. The number of nitrogens with two attached hydrogens (primary N) is 1. The van der Waals surface area contributed by atoms with Gasteiger partial charge in [0.1, 0.15) is 0 Å². The molecule has 0 radical (unpaired) electrons. The van der Waals surface area contributed by atoms with Gasteiger partial charge in [-0.15, -0.1) is 0 Å². The predicted molar refractivity (Wildman–Crippen MR) is 90.4 cm³/mol. The Balaban J connectivity index is 1.69. The fourth-order valence-corrected chi connectivity index (χ4v) is 2.99. The highest BCUT2D eigenvalue weighted by molar-refractivity contribution is 6.40. The standard InChI is InChI=1S/C16H26BN3O3/c18-15-12-20(11-14(15)7-4-8-17(22)23)16(21)10-19-9-13-5-2-1-3-6-13/h1-3,5-6,14-15,19,22-23H,4,7-12,18H2/t14-,15-/m0/s1. The third-order valence-corrected chi connectivity index (χ3v) is 4.33. The van der Waals surface area contributed by atoms with Gasteiger partial charge in [0.15, 0.2) is 0 Å². The number of amides is 1. The molecule has 1 heterocycles. The van der Waals surface area contributed by atoms with E-state index in [9.17, 15) is 4.79 Å². The van der Waals surface area contributed by atoms with Crippen molar-refractivity contribution in [1.82, 2.24) is 10.2 Å². The number of nitrogens with zero attached hydrogens (tertiary/aromatic N) is 1. The van der Waals surface area contributed by atoms with Crippen molar-refractivity contribution in [3.8, 4) is 0 Å². The maximum Gasteiger partial charge on any atom is 0.451 e. The summed E-state index contributed by atoms with van der Waals surface area (Å²) in [5, 5.41) is 20.9.